The van der Waals surface area contributed by atoms with Gasteiger partial charge in [0.15, 0.2) is 0 Å². The SMILES string of the molecule is CCc1cccn2c(-c3nc(N[C@@H](C)c4ccc(C(O)CNC(C)(C)CC)cc4)ncc3C#N)cnc12. The highest BCUT2D eigenvalue weighted by atomic mass is 16.3. The number of nitrogens with one attached hydrogen (secondary N) is 2. The number of rotatable bonds is 10. The molecule has 0 spiro atoms. The topological polar surface area (TPSA) is 111 Å². The van der Waals surface area contributed by atoms with Gasteiger partial charge in [0, 0.05) is 18.3 Å². The summed E-state index contributed by atoms with van der Waals surface area (Å²) in [6.45, 7) is 11.0. The van der Waals surface area contributed by atoms with E-state index in [-0.39, 0.29) is 11.6 Å². The Morgan fingerprint density at radius 3 is 2.49 bits per heavy atom. The number of hydrogen-bond acceptors (Lipinski definition) is 7. The predicted octanol–water partition coefficient (Wildman–Crippen LogP) is 5.21. The number of benzene rings is 1. The van der Waals surface area contributed by atoms with E-state index in [2.05, 4.69) is 60.4 Å². The molecule has 2 atom stereocenters. The highest BCUT2D eigenvalue weighted by molar-refractivity contribution is 5.68. The zero-order chi connectivity index (χ0) is 26.6. The molecule has 0 aliphatic rings. The van der Waals surface area contributed by atoms with E-state index in [1.165, 1.54) is 0 Å². The molecule has 3 aromatic heterocycles. The van der Waals surface area contributed by atoms with E-state index in [9.17, 15) is 10.4 Å². The Bertz CT molecular complexity index is 1400. The van der Waals surface area contributed by atoms with E-state index >= 15 is 0 Å². The molecule has 4 rings (SSSR count). The monoisotopic (exact) mass is 497 g/mol. The lowest BCUT2D eigenvalue weighted by atomic mass is 10.00. The highest BCUT2D eigenvalue weighted by Crippen LogP contribution is 2.26. The molecule has 1 unspecified atom stereocenters. The Morgan fingerprint density at radius 1 is 1.08 bits per heavy atom. The molecule has 3 heterocycles. The van der Waals surface area contributed by atoms with Crippen molar-refractivity contribution in [2.75, 3.05) is 11.9 Å². The number of imidazole rings is 1. The number of anilines is 1. The van der Waals surface area contributed by atoms with Gasteiger partial charge in [-0.25, -0.2) is 15.0 Å². The molecule has 0 radical (unpaired) electrons. The van der Waals surface area contributed by atoms with Gasteiger partial charge in [-0.1, -0.05) is 44.2 Å². The van der Waals surface area contributed by atoms with Crippen molar-refractivity contribution in [2.24, 2.45) is 0 Å². The Morgan fingerprint density at radius 2 is 1.81 bits per heavy atom. The number of hydrogen-bond donors (Lipinski definition) is 3. The van der Waals surface area contributed by atoms with Crippen LogP contribution in [0.5, 0.6) is 0 Å². The fourth-order valence-electron chi connectivity index (χ4n) is 4.15. The van der Waals surface area contributed by atoms with E-state index in [4.69, 9.17) is 4.98 Å². The minimum Gasteiger partial charge on any atom is -0.387 e. The van der Waals surface area contributed by atoms with E-state index < -0.39 is 6.10 Å². The van der Waals surface area contributed by atoms with Crippen molar-refractivity contribution in [1.29, 1.82) is 5.26 Å². The molecule has 0 aliphatic carbocycles. The van der Waals surface area contributed by atoms with Gasteiger partial charge in [-0.2, -0.15) is 5.26 Å². The Labute approximate surface area is 218 Å². The smallest absolute Gasteiger partial charge is 0.223 e. The lowest BCUT2D eigenvalue weighted by molar-refractivity contribution is 0.160. The molecule has 192 valence electrons. The van der Waals surface area contributed by atoms with Gasteiger partial charge in [0.05, 0.1) is 35.8 Å². The molecule has 8 nitrogen and oxygen atoms in total. The summed E-state index contributed by atoms with van der Waals surface area (Å²) in [4.78, 5) is 13.7. The van der Waals surface area contributed by atoms with Gasteiger partial charge >= 0.3 is 0 Å². The number of nitriles is 1. The molecule has 0 fully saturated rings. The van der Waals surface area contributed by atoms with Gasteiger partial charge < -0.3 is 15.7 Å². The molecular formula is C29H35N7O. The molecule has 0 bridgehead atoms. The van der Waals surface area contributed by atoms with Crippen LogP contribution in [0.25, 0.3) is 17.0 Å². The normalized spacial score (nSPS) is 13.3. The van der Waals surface area contributed by atoms with Gasteiger partial charge in [-0.3, -0.25) is 4.40 Å². The number of aliphatic hydroxyl groups excluding tert-OH is 1. The van der Waals surface area contributed by atoms with Crippen LogP contribution in [0.15, 0.2) is 55.0 Å². The van der Waals surface area contributed by atoms with Crippen molar-refractivity contribution in [1.82, 2.24) is 24.7 Å². The molecule has 37 heavy (non-hydrogen) atoms. The maximum Gasteiger partial charge on any atom is 0.223 e. The summed E-state index contributed by atoms with van der Waals surface area (Å²) in [5.41, 5.74) is 5.56. The summed E-state index contributed by atoms with van der Waals surface area (Å²) in [5.74, 6) is 0.429. The Hall–Kier alpha value is -3.80. The Kier molecular flexibility index (Phi) is 7.86. The molecule has 0 saturated heterocycles. The zero-order valence-corrected chi connectivity index (χ0v) is 22.2. The molecule has 0 amide bonds. The van der Waals surface area contributed by atoms with Crippen LogP contribution in [0.4, 0.5) is 5.95 Å². The quantitative estimate of drug-likeness (QED) is 0.276. The third-order valence-electron chi connectivity index (χ3n) is 6.97. The summed E-state index contributed by atoms with van der Waals surface area (Å²) in [5, 5.41) is 27.1. The number of β-amino-alcohol motifs (C(OH)–C–C–N with tert-alkyl or cyclic N) is 1. The average Bonchev–Trinajstić information content (AvgIpc) is 3.36. The minimum absolute atomic E-state index is 0.0131. The van der Waals surface area contributed by atoms with E-state index in [1.807, 2.05) is 47.9 Å². The van der Waals surface area contributed by atoms with Crippen LogP contribution >= 0.6 is 0 Å². The van der Waals surface area contributed by atoms with Gasteiger partial charge in [-0.05, 0) is 56.4 Å². The second kappa shape index (κ2) is 11.1. The van der Waals surface area contributed by atoms with Crippen LogP contribution in [-0.4, -0.2) is 36.5 Å². The van der Waals surface area contributed by atoms with Gasteiger partial charge in [0.1, 0.15) is 17.4 Å². The number of pyridine rings is 1. The first-order valence-corrected chi connectivity index (χ1v) is 12.8. The van der Waals surface area contributed by atoms with Crippen LogP contribution < -0.4 is 10.6 Å². The van der Waals surface area contributed by atoms with Gasteiger partial charge in [0.2, 0.25) is 5.95 Å². The molecule has 3 N–H and O–H groups in total. The van der Waals surface area contributed by atoms with Crippen molar-refractivity contribution in [3.05, 3.63) is 77.2 Å². The minimum atomic E-state index is -0.578. The van der Waals surface area contributed by atoms with Gasteiger partial charge in [-0.15, -0.1) is 0 Å². The highest BCUT2D eigenvalue weighted by Gasteiger charge is 2.18. The lowest BCUT2D eigenvalue weighted by Crippen LogP contribution is -2.40. The Balaban J connectivity index is 1.52. The summed E-state index contributed by atoms with van der Waals surface area (Å²) in [6, 6.07) is 14.1. The average molecular weight is 498 g/mol. The van der Waals surface area contributed by atoms with Crippen molar-refractivity contribution >= 4 is 11.6 Å². The van der Waals surface area contributed by atoms with Crippen molar-refractivity contribution in [3.8, 4) is 17.5 Å². The van der Waals surface area contributed by atoms with Crippen LogP contribution in [0.1, 0.15) is 75.4 Å². The largest absolute Gasteiger partial charge is 0.387 e. The molecule has 8 heteroatoms. The summed E-state index contributed by atoms with van der Waals surface area (Å²) < 4.78 is 1.97. The standard InChI is InChI=1S/C29H35N7O/c1-6-20-9-8-14-36-24(17-31-27(20)36)26-23(15-30)16-32-28(35-26)34-19(3)21-10-12-22(13-11-21)25(37)18-33-29(4,5)7-2/h8-14,16-17,19,25,33,37H,6-7,18H2,1-5H3,(H,32,34,35)/t19-,25?/m0/s1. The second-order valence-electron chi connectivity index (χ2n) is 9.96. The molecule has 4 aromatic rings. The van der Waals surface area contributed by atoms with Crippen molar-refractivity contribution in [2.45, 2.75) is 65.1 Å². The molecule has 0 saturated carbocycles. The third-order valence-corrected chi connectivity index (χ3v) is 6.97. The van der Waals surface area contributed by atoms with Crippen LogP contribution in [0.2, 0.25) is 0 Å². The first-order valence-electron chi connectivity index (χ1n) is 12.8. The zero-order valence-electron chi connectivity index (χ0n) is 22.2. The molecule has 1 aromatic carbocycles. The van der Waals surface area contributed by atoms with Gasteiger partial charge in [0.25, 0.3) is 0 Å². The maximum absolute atomic E-state index is 10.6. The fraction of sp³-hybridized carbons (Fsp3) is 0.379. The first kappa shape index (κ1) is 26.3. The lowest BCUT2D eigenvalue weighted by Gasteiger charge is -2.26. The van der Waals surface area contributed by atoms with Crippen molar-refractivity contribution < 1.29 is 5.11 Å². The number of nitrogens with zero attached hydrogens (tertiary/aromatic N) is 5. The third kappa shape index (κ3) is 5.79. The maximum atomic E-state index is 10.6. The number of fused-ring (bicyclic) bond motifs is 1. The van der Waals surface area contributed by atoms with E-state index in [0.29, 0.717) is 23.8 Å². The molecule has 0 aliphatic heterocycles. The number of aliphatic hydroxyl groups is 1. The predicted molar refractivity (Wildman–Crippen MR) is 146 cm³/mol. The van der Waals surface area contributed by atoms with E-state index in [1.54, 1.807) is 12.4 Å². The second-order valence-corrected chi connectivity index (χ2v) is 9.96. The van der Waals surface area contributed by atoms with Crippen LogP contribution in [-0.2, 0) is 6.42 Å². The summed E-state index contributed by atoms with van der Waals surface area (Å²) in [6.07, 6.45) is 6.51. The van der Waals surface area contributed by atoms with Crippen LogP contribution in [0, 0.1) is 11.3 Å². The molecular weight excluding hydrogens is 462 g/mol. The fourth-order valence-corrected chi connectivity index (χ4v) is 4.15. The first-order chi connectivity index (χ1) is 17.8. The van der Waals surface area contributed by atoms with E-state index in [0.717, 1.165) is 40.9 Å². The number of aryl methyl sites for hydroxylation is 1. The van der Waals surface area contributed by atoms with Crippen LogP contribution in [0.3, 0.4) is 0 Å². The summed E-state index contributed by atoms with van der Waals surface area (Å²) in [7, 11) is 0. The summed E-state index contributed by atoms with van der Waals surface area (Å²) >= 11 is 0. The number of aromatic nitrogens is 4. The van der Waals surface area contributed by atoms with Crippen molar-refractivity contribution in [3.63, 3.8) is 0 Å².